The minimum atomic E-state index is 0.515. The van der Waals surface area contributed by atoms with E-state index in [0.29, 0.717) is 5.11 Å². The van der Waals surface area contributed by atoms with Crippen molar-refractivity contribution in [2.75, 3.05) is 7.05 Å². The largest absolute Gasteiger partial charge is 0.364 e. The highest BCUT2D eigenvalue weighted by atomic mass is 79.9. The minimum Gasteiger partial charge on any atom is -0.364 e. The second-order valence-electron chi connectivity index (χ2n) is 3.11. The lowest BCUT2D eigenvalue weighted by Gasteiger charge is -2.06. The summed E-state index contributed by atoms with van der Waals surface area (Å²) >= 11 is 8.40. The summed E-state index contributed by atoms with van der Waals surface area (Å²) in [6, 6.07) is 8.03. The molecular formula is C11H14BrN3S. The summed E-state index contributed by atoms with van der Waals surface area (Å²) in [5.41, 5.74) is 4.85. The van der Waals surface area contributed by atoms with Gasteiger partial charge in [-0.05, 0) is 36.3 Å². The number of nitrogens with zero attached hydrogens (tertiary/aromatic N) is 1. The van der Waals surface area contributed by atoms with E-state index in [0.717, 1.165) is 22.2 Å². The van der Waals surface area contributed by atoms with Crippen LogP contribution in [0.4, 0.5) is 0 Å². The number of hydrogen-bond acceptors (Lipinski definition) is 2. The van der Waals surface area contributed by atoms with Crippen molar-refractivity contribution in [3.05, 3.63) is 34.3 Å². The molecule has 0 aliphatic heterocycles. The van der Waals surface area contributed by atoms with Gasteiger partial charge in [-0.2, -0.15) is 5.10 Å². The third kappa shape index (κ3) is 3.90. The molecule has 3 nitrogen and oxygen atoms in total. The third-order valence-electron chi connectivity index (χ3n) is 2.01. The van der Waals surface area contributed by atoms with Gasteiger partial charge in [-0.25, -0.2) is 0 Å². The van der Waals surface area contributed by atoms with E-state index in [1.165, 1.54) is 0 Å². The molecule has 0 heterocycles. The Morgan fingerprint density at radius 2 is 2.25 bits per heavy atom. The molecule has 1 rings (SSSR count). The molecule has 0 amide bonds. The lowest BCUT2D eigenvalue weighted by Crippen LogP contribution is -2.29. The van der Waals surface area contributed by atoms with E-state index in [9.17, 15) is 0 Å². The fourth-order valence-electron chi connectivity index (χ4n) is 1.19. The monoisotopic (exact) mass is 299 g/mol. The van der Waals surface area contributed by atoms with Gasteiger partial charge in [0.25, 0.3) is 0 Å². The summed E-state index contributed by atoms with van der Waals surface area (Å²) in [6.07, 6.45) is 0.843. The molecule has 16 heavy (non-hydrogen) atoms. The smallest absolute Gasteiger partial charge is 0.186 e. The predicted molar refractivity (Wildman–Crippen MR) is 75.8 cm³/mol. The van der Waals surface area contributed by atoms with E-state index < -0.39 is 0 Å². The standard InChI is InChI=1S/C11H14BrN3S/c1-3-10(14-15-11(16)13-2)8-5-4-6-9(12)7-8/h4-7H,3H2,1-2H3,(H2,13,15,16)/b14-10+. The maximum absolute atomic E-state index is 4.96. The molecular weight excluding hydrogens is 286 g/mol. The normalized spacial score (nSPS) is 11.1. The van der Waals surface area contributed by atoms with Crippen molar-refractivity contribution >= 4 is 39.0 Å². The molecule has 2 N–H and O–H groups in total. The summed E-state index contributed by atoms with van der Waals surface area (Å²) in [6.45, 7) is 2.06. The van der Waals surface area contributed by atoms with Crippen molar-refractivity contribution < 1.29 is 0 Å². The van der Waals surface area contributed by atoms with Crippen LogP contribution in [-0.4, -0.2) is 17.9 Å². The van der Waals surface area contributed by atoms with Crippen molar-refractivity contribution in [2.45, 2.75) is 13.3 Å². The second-order valence-corrected chi connectivity index (χ2v) is 4.44. The Bertz CT molecular complexity index is 404. The van der Waals surface area contributed by atoms with E-state index in [2.05, 4.69) is 38.7 Å². The van der Waals surface area contributed by atoms with Crippen LogP contribution in [0.5, 0.6) is 0 Å². The number of halogens is 1. The molecule has 0 fully saturated rings. The van der Waals surface area contributed by atoms with Crippen LogP contribution in [0.3, 0.4) is 0 Å². The number of hydrazone groups is 1. The van der Waals surface area contributed by atoms with E-state index >= 15 is 0 Å². The Morgan fingerprint density at radius 1 is 1.50 bits per heavy atom. The second kappa shape index (κ2) is 6.60. The Labute approximate surface area is 109 Å². The van der Waals surface area contributed by atoms with E-state index in [1.807, 2.05) is 24.3 Å². The van der Waals surface area contributed by atoms with Gasteiger partial charge in [0.1, 0.15) is 0 Å². The Balaban J connectivity index is 2.85. The summed E-state index contributed by atoms with van der Waals surface area (Å²) < 4.78 is 1.04. The first-order valence-electron chi connectivity index (χ1n) is 4.97. The van der Waals surface area contributed by atoms with Crippen LogP contribution in [0.25, 0.3) is 0 Å². The van der Waals surface area contributed by atoms with Gasteiger partial charge in [0.15, 0.2) is 5.11 Å². The molecule has 5 heteroatoms. The van der Waals surface area contributed by atoms with Crippen molar-refractivity contribution in [1.29, 1.82) is 0 Å². The van der Waals surface area contributed by atoms with Crippen molar-refractivity contribution in [1.82, 2.24) is 10.7 Å². The summed E-state index contributed by atoms with van der Waals surface area (Å²) in [7, 11) is 1.76. The summed E-state index contributed by atoms with van der Waals surface area (Å²) in [5.74, 6) is 0. The SMILES string of the molecule is CC/C(=N\NC(=S)NC)c1cccc(Br)c1. The van der Waals surface area contributed by atoms with Crippen molar-refractivity contribution in [3.8, 4) is 0 Å². The fraction of sp³-hybridized carbons (Fsp3) is 0.273. The average molecular weight is 300 g/mol. The maximum atomic E-state index is 4.96. The molecule has 1 aromatic rings. The first-order chi connectivity index (χ1) is 7.67. The van der Waals surface area contributed by atoms with Crippen molar-refractivity contribution in [2.24, 2.45) is 5.10 Å². The molecule has 0 saturated heterocycles. The highest BCUT2D eigenvalue weighted by Crippen LogP contribution is 2.13. The van der Waals surface area contributed by atoms with Gasteiger partial charge in [-0.15, -0.1) is 0 Å². The van der Waals surface area contributed by atoms with Gasteiger partial charge in [0.2, 0.25) is 0 Å². The fourth-order valence-corrected chi connectivity index (χ4v) is 1.63. The number of thiocarbonyl (C=S) groups is 1. The first-order valence-corrected chi connectivity index (χ1v) is 6.17. The van der Waals surface area contributed by atoms with Crippen LogP contribution in [-0.2, 0) is 0 Å². The molecule has 0 atom stereocenters. The minimum absolute atomic E-state index is 0.515. The van der Waals surface area contributed by atoms with Gasteiger partial charge < -0.3 is 5.32 Å². The van der Waals surface area contributed by atoms with E-state index in [-0.39, 0.29) is 0 Å². The average Bonchev–Trinajstić information content (AvgIpc) is 2.29. The van der Waals surface area contributed by atoms with Crippen molar-refractivity contribution in [3.63, 3.8) is 0 Å². The van der Waals surface area contributed by atoms with Crippen LogP contribution in [0, 0.1) is 0 Å². The zero-order valence-corrected chi connectivity index (χ0v) is 11.7. The van der Waals surface area contributed by atoms with E-state index in [1.54, 1.807) is 7.05 Å². The number of nitrogens with one attached hydrogen (secondary N) is 2. The van der Waals surface area contributed by atoms with Crippen LogP contribution in [0.15, 0.2) is 33.8 Å². The molecule has 0 spiro atoms. The molecule has 0 aliphatic carbocycles. The summed E-state index contributed by atoms with van der Waals surface area (Å²) in [5, 5.41) is 7.59. The lowest BCUT2D eigenvalue weighted by molar-refractivity contribution is 0.965. The predicted octanol–water partition coefficient (Wildman–Crippen LogP) is 2.66. The van der Waals surface area contributed by atoms with Crippen LogP contribution in [0.2, 0.25) is 0 Å². The van der Waals surface area contributed by atoms with Gasteiger partial charge in [0.05, 0.1) is 5.71 Å². The van der Waals surface area contributed by atoms with Crippen LogP contribution in [0.1, 0.15) is 18.9 Å². The maximum Gasteiger partial charge on any atom is 0.186 e. The molecule has 0 radical (unpaired) electrons. The first kappa shape index (κ1) is 13.1. The molecule has 0 aromatic heterocycles. The highest BCUT2D eigenvalue weighted by Gasteiger charge is 2.01. The van der Waals surface area contributed by atoms with Gasteiger partial charge in [-0.3, -0.25) is 5.43 Å². The molecule has 1 aromatic carbocycles. The molecule has 0 saturated carbocycles. The zero-order valence-electron chi connectivity index (χ0n) is 9.25. The van der Waals surface area contributed by atoms with Gasteiger partial charge in [0, 0.05) is 11.5 Å². The Hall–Kier alpha value is -0.940. The quantitative estimate of drug-likeness (QED) is 0.512. The molecule has 86 valence electrons. The molecule has 0 aliphatic rings. The summed E-state index contributed by atoms with van der Waals surface area (Å²) in [4.78, 5) is 0. The van der Waals surface area contributed by atoms with Crippen LogP contribution < -0.4 is 10.7 Å². The molecule has 0 bridgehead atoms. The third-order valence-corrected chi connectivity index (χ3v) is 2.80. The Morgan fingerprint density at radius 3 is 2.81 bits per heavy atom. The number of rotatable bonds is 3. The van der Waals surface area contributed by atoms with Crippen LogP contribution >= 0.6 is 28.1 Å². The highest BCUT2D eigenvalue weighted by molar-refractivity contribution is 9.10. The van der Waals surface area contributed by atoms with E-state index in [4.69, 9.17) is 12.2 Å². The number of benzene rings is 1. The van der Waals surface area contributed by atoms with Gasteiger partial charge >= 0.3 is 0 Å². The Kier molecular flexibility index (Phi) is 5.42. The lowest BCUT2D eigenvalue weighted by atomic mass is 10.1. The zero-order chi connectivity index (χ0) is 12.0. The number of hydrogen-bond donors (Lipinski definition) is 2. The molecule has 0 unspecified atom stereocenters. The topological polar surface area (TPSA) is 36.4 Å². The van der Waals surface area contributed by atoms with Gasteiger partial charge in [-0.1, -0.05) is 35.0 Å².